The van der Waals surface area contributed by atoms with Crippen LogP contribution in [-0.2, 0) is 4.79 Å². The zero-order chi connectivity index (χ0) is 25.2. The van der Waals surface area contributed by atoms with Crippen molar-refractivity contribution in [3.63, 3.8) is 0 Å². The molecule has 0 fully saturated rings. The van der Waals surface area contributed by atoms with E-state index in [9.17, 15) is 14.4 Å². The Morgan fingerprint density at radius 1 is 0.943 bits per heavy atom. The molecule has 3 aromatic rings. The van der Waals surface area contributed by atoms with Crippen molar-refractivity contribution in [3.05, 3.63) is 92.4 Å². The van der Waals surface area contributed by atoms with Gasteiger partial charge in [0, 0.05) is 20.1 Å². The molecule has 10 heteroatoms. The van der Waals surface area contributed by atoms with Crippen molar-refractivity contribution in [3.8, 4) is 11.5 Å². The Morgan fingerprint density at radius 3 is 2.40 bits per heavy atom. The third kappa shape index (κ3) is 8.04. The summed E-state index contributed by atoms with van der Waals surface area (Å²) in [6.07, 6.45) is 1.35. The molecule has 0 atom stereocenters. The van der Waals surface area contributed by atoms with E-state index in [-0.39, 0.29) is 18.2 Å². The molecule has 35 heavy (non-hydrogen) atoms. The van der Waals surface area contributed by atoms with Crippen molar-refractivity contribution in [2.75, 3.05) is 13.2 Å². The van der Waals surface area contributed by atoms with Crippen LogP contribution in [-0.4, -0.2) is 37.1 Å². The standard InChI is InChI=1S/C25H21Br2N3O5/c1-2-34-21-9-6-16(7-10-21)25(33)35-22-11-8-20(27)13-18(22)14-29-30-23(31)15-28-24(32)17-4-3-5-19(26)12-17/h3-14H,2,15H2,1H3,(H,28,32)(H,30,31)/b29-14-. The van der Waals surface area contributed by atoms with Gasteiger partial charge in [0.1, 0.15) is 11.5 Å². The quantitative estimate of drug-likeness (QED) is 0.160. The van der Waals surface area contributed by atoms with E-state index in [1.165, 1.54) is 6.21 Å². The summed E-state index contributed by atoms with van der Waals surface area (Å²) in [4.78, 5) is 36.8. The molecular formula is C25H21Br2N3O5. The predicted octanol–water partition coefficient (Wildman–Crippen LogP) is 4.71. The summed E-state index contributed by atoms with van der Waals surface area (Å²) in [6.45, 7) is 2.14. The summed E-state index contributed by atoms with van der Waals surface area (Å²) in [5, 5.41) is 6.43. The first-order valence-corrected chi connectivity index (χ1v) is 12.0. The highest BCUT2D eigenvalue weighted by molar-refractivity contribution is 9.10. The highest BCUT2D eigenvalue weighted by Crippen LogP contribution is 2.23. The van der Waals surface area contributed by atoms with Crippen LogP contribution in [0.1, 0.15) is 33.2 Å². The van der Waals surface area contributed by atoms with E-state index in [1.54, 1.807) is 66.7 Å². The molecule has 0 heterocycles. The average Bonchev–Trinajstić information content (AvgIpc) is 2.84. The molecule has 8 nitrogen and oxygen atoms in total. The Labute approximate surface area is 219 Å². The maximum atomic E-state index is 12.6. The molecule has 0 saturated carbocycles. The molecule has 0 bridgehead atoms. The second kappa shape index (κ2) is 12.8. The van der Waals surface area contributed by atoms with Gasteiger partial charge in [0.2, 0.25) is 0 Å². The molecule has 0 aromatic heterocycles. The summed E-state index contributed by atoms with van der Waals surface area (Å²) in [5.41, 5.74) is 3.57. The number of ether oxygens (including phenoxy) is 2. The third-order valence-corrected chi connectivity index (χ3v) is 5.45. The van der Waals surface area contributed by atoms with E-state index >= 15 is 0 Å². The normalized spacial score (nSPS) is 10.6. The number of hydrazone groups is 1. The largest absolute Gasteiger partial charge is 0.494 e. The number of hydrogen-bond acceptors (Lipinski definition) is 6. The van der Waals surface area contributed by atoms with Crippen molar-refractivity contribution < 1.29 is 23.9 Å². The Kier molecular flexibility index (Phi) is 9.56. The zero-order valence-corrected chi connectivity index (χ0v) is 21.8. The lowest BCUT2D eigenvalue weighted by Crippen LogP contribution is -2.34. The van der Waals surface area contributed by atoms with Crippen LogP contribution in [0.25, 0.3) is 0 Å². The van der Waals surface area contributed by atoms with Gasteiger partial charge >= 0.3 is 5.97 Å². The first kappa shape index (κ1) is 26.1. The van der Waals surface area contributed by atoms with Crippen molar-refractivity contribution in [2.24, 2.45) is 5.10 Å². The van der Waals surface area contributed by atoms with Gasteiger partial charge in [-0.05, 0) is 67.6 Å². The summed E-state index contributed by atoms with van der Waals surface area (Å²) in [5.74, 6) is -0.546. The number of nitrogens with one attached hydrogen (secondary N) is 2. The summed E-state index contributed by atoms with van der Waals surface area (Å²) in [7, 11) is 0. The fraction of sp³-hybridized carbons (Fsp3) is 0.120. The molecule has 2 amide bonds. The van der Waals surface area contributed by atoms with Crippen LogP contribution >= 0.6 is 31.9 Å². The molecular weight excluding hydrogens is 582 g/mol. The number of rotatable bonds is 9. The topological polar surface area (TPSA) is 106 Å². The van der Waals surface area contributed by atoms with Crippen LogP contribution in [0.15, 0.2) is 80.8 Å². The van der Waals surface area contributed by atoms with E-state index < -0.39 is 11.9 Å². The number of esters is 1. The number of carbonyl (C=O) groups is 3. The summed E-state index contributed by atoms with van der Waals surface area (Å²) < 4.78 is 12.4. The minimum Gasteiger partial charge on any atom is -0.494 e. The molecule has 180 valence electrons. The zero-order valence-electron chi connectivity index (χ0n) is 18.6. The Morgan fingerprint density at radius 2 is 1.69 bits per heavy atom. The Balaban J connectivity index is 1.59. The number of halogens is 2. The maximum absolute atomic E-state index is 12.6. The highest BCUT2D eigenvalue weighted by Gasteiger charge is 2.12. The molecule has 0 saturated heterocycles. The molecule has 0 unspecified atom stereocenters. The lowest BCUT2D eigenvalue weighted by atomic mass is 10.2. The number of carbonyl (C=O) groups excluding carboxylic acids is 3. The van der Waals surface area contributed by atoms with Gasteiger partial charge in [-0.1, -0.05) is 37.9 Å². The van der Waals surface area contributed by atoms with Crippen LogP contribution in [0.2, 0.25) is 0 Å². The van der Waals surface area contributed by atoms with Crippen molar-refractivity contribution >= 4 is 55.9 Å². The van der Waals surface area contributed by atoms with E-state index in [1.807, 2.05) is 6.92 Å². The average molecular weight is 603 g/mol. The van der Waals surface area contributed by atoms with Crippen LogP contribution < -0.4 is 20.2 Å². The van der Waals surface area contributed by atoms with Gasteiger partial charge in [-0.3, -0.25) is 9.59 Å². The Hall–Kier alpha value is -3.50. The van der Waals surface area contributed by atoms with Gasteiger partial charge < -0.3 is 14.8 Å². The predicted molar refractivity (Wildman–Crippen MR) is 139 cm³/mol. The SMILES string of the molecule is CCOc1ccc(C(=O)Oc2ccc(Br)cc2/C=N\NC(=O)CNC(=O)c2cccc(Br)c2)cc1. The fourth-order valence-electron chi connectivity index (χ4n) is 2.83. The van der Waals surface area contributed by atoms with Gasteiger partial charge in [0.15, 0.2) is 0 Å². The van der Waals surface area contributed by atoms with Crippen molar-refractivity contribution in [1.29, 1.82) is 0 Å². The highest BCUT2D eigenvalue weighted by atomic mass is 79.9. The van der Waals surface area contributed by atoms with Gasteiger partial charge in [-0.25, -0.2) is 10.2 Å². The molecule has 3 rings (SSSR count). The maximum Gasteiger partial charge on any atom is 0.343 e. The van der Waals surface area contributed by atoms with E-state index in [0.717, 1.165) is 8.95 Å². The van der Waals surface area contributed by atoms with Crippen LogP contribution in [0.4, 0.5) is 0 Å². The van der Waals surface area contributed by atoms with E-state index in [0.29, 0.717) is 29.0 Å². The first-order valence-electron chi connectivity index (χ1n) is 10.5. The second-order valence-corrected chi connectivity index (χ2v) is 8.85. The van der Waals surface area contributed by atoms with Crippen molar-refractivity contribution in [2.45, 2.75) is 6.92 Å². The molecule has 0 aliphatic heterocycles. The fourth-order valence-corrected chi connectivity index (χ4v) is 3.61. The van der Waals surface area contributed by atoms with E-state index in [4.69, 9.17) is 9.47 Å². The van der Waals surface area contributed by atoms with Gasteiger partial charge in [-0.15, -0.1) is 0 Å². The van der Waals surface area contributed by atoms with Gasteiger partial charge in [0.25, 0.3) is 11.8 Å². The lowest BCUT2D eigenvalue weighted by Gasteiger charge is -2.09. The molecule has 0 aliphatic rings. The molecule has 0 radical (unpaired) electrons. The first-order chi connectivity index (χ1) is 16.9. The minimum absolute atomic E-state index is 0.257. The smallest absolute Gasteiger partial charge is 0.343 e. The van der Waals surface area contributed by atoms with Crippen LogP contribution in [0.3, 0.4) is 0 Å². The van der Waals surface area contributed by atoms with Crippen LogP contribution in [0.5, 0.6) is 11.5 Å². The van der Waals surface area contributed by atoms with Gasteiger partial charge in [-0.2, -0.15) is 5.10 Å². The third-order valence-electron chi connectivity index (χ3n) is 4.46. The molecule has 3 aromatic carbocycles. The molecule has 0 spiro atoms. The second-order valence-electron chi connectivity index (χ2n) is 7.02. The number of amides is 2. The molecule has 0 aliphatic carbocycles. The minimum atomic E-state index is -0.552. The van der Waals surface area contributed by atoms with Gasteiger partial charge in [0.05, 0.1) is 24.9 Å². The number of benzene rings is 3. The van der Waals surface area contributed by atoms with Crippen LogP contribution in [0, 0.1) is 0 Å². The molecule has 2 N–H and O–H groups in total. The van der Waals surface area contributed by atoms with E-state index in [2.05, 4.69) is 47.7 Å². The number of nitrogens with zero attached hydrogens (tertiary/aromatic N) is 1. The Bertz CT molecular complexity index is 1250. The lowest BCUT2D eigenvalue weighted by molar-refractivity contribution is -0.120. The summed E-state index contributed by atoms with van der Waals surface area (Å²) in [6, 6.07) is 18.4. The monoisotopic (exact) mass is 601 g/mol. The number of hydrogen-bond donors (Lipinski definition) is 2. The summed E-state index contributed by atoms with van der Waals surface area (Å²) >= 11 is 6.66. The van der Waals surface area contributed by atoms with Crippen molar-refractivity contribution in [1.82, 2.24) is 10.7 Å².